The normalized spacial score (nSPS) is 28.2. The molecule has 2 aliphatic rings. The number of aliphatic hydroxyl groups excluding tert-OH is 1. The highest BCUT2D eigenvalue weighted by Gasteiger charge is 2.39. The third-order valence-electron chi connectivity index (χ3n) is 5.12. The molecule has 112 valence electrons. The molecule has 0 saturated heterocycles. The van der Waals surface area contributed by atoms with Crippen LogP contribution in [-0.2, 0) is 13.0 Å². The van der Waals surface area contributed by atoms with Gasteiger partial charge in [-0.15, -0.1) is 0 Å². The Balaban J connectivity index is 1.66. The molecular formula is C16H26N2OS. The molecule has 20 heavy (non-hydrogen) atoms. The summed E-state index contributed by atoms with van der Waals surface area (Å²) in [6.07, 6.45) is 7.89. The Bertz CT molecular complexity index is 459. The molecule has 0 aromatic carbocycles. The SMILES string of the molecule is CCCc1nc(N(C)CC2CC3CCC2C3)sc1CO. The van der Waals surface area contributed by atoms with Gasteiger partial charge in [-0.2, -0.15) is 0 Å². The molecule has 4 heteroatoms. The maximum atomic E-state index is 9.46. The summed E-state index contributed by atoms with van der Waals surface area (Å²) in [5, 5.41) is 10.6. The predicted octanol–water partition coefficient (Wildman–Crippen LogP) is 3.46. The lowest BCUT2D eigenvalue weighted by Crippen LogP contribution is -2.28. The zero-order valence-electron chi connectivity index (χ0n) is 12.6. The molecule has 1 aromatic rings. The molecule has 0 amide bonds. The van der Waals surface area contributed by atoms with Crippen molar-refractivity contribution in [2.75, 3.05) is 18.5 Å². The van der Waals surface area contributed by atoms with E-state index in [4.69, 9.17) is 4.98 Å². The van der Waals surface area contributed by atoms with Gasteiger partial charge in [-0.25, -0.2) is 4.98 Å². The summed E-state index contributed by atoms with van der Waals surface area (Å²) in [4.78, 5) is 8.14. The summed E-state index contributed by atoms with van der Waals surface area (Å²) in [5.41, 5.74) is 1.11. The van der Waals surface area contributed by atoms with Crippen LogP contribution in [0.15, 0.2) is 0 Å². The quantitative estimate of drug-likeness (QED) is 0.873. The second kappa shape index (κ2) is 6.02. The summed E-state index contributed by atoms with van der Waals surface area (Å²) < 4.78 is 0. The van der Waals surface area contributed by atoms with Crippen LogP contribution in [-0.4, -0.2) is 23.7 Å². The lowest BCUT2D eigenvalue weighted by molar-refractivity contribution is 0.284. The number of fused-ring (bicyclic) bond motifs is 2. The first-order valence-electron chi connectivity index (χ1n) is 8.01. The number of aliphatic hydroxyl groups is 1. The first kappa shape index (κ1) is 14.3. The number of anilines is 1. The molecule has 2 bridgehead atoms. The Hall–Kier alpha value is -0.610. The van der Waals surface area contributed by atoms with Gasteiger partial charge in [0.05, 0.1) is 17.2 Å². The van der Waals surface area contributed by atoms with Crippen molar-refractivity contribution in [3.63, 3.8) is 0 Å². The monoisotopic (exact) mass is 294 g/mol. The van der Waals surface area contributed by atoms with Crippen molar-refractivity contribution in [2.45, 2.75) is 52.1 Å². The molecular weight excluding hydrogens is 268 g/mol. The fourth-order valence-corrected chi connectivity index (χ4v) is 5.06. The van der Waals surface area contributed by atoms with Crippen molar-refractivity contribution in [3.05, 3.63) is 10.6 Å². The molecule has 1 N–H and O–H groups in total. The van der Waals surface area contributed by atoms with Gasteiger partial charge in [0.25, 0.3) is 0 Å². The number of nitrogens with zero attached hydrogens (tertiary/aromatic N) is 2. The average molecular weight is 294 g/mol. The van der Waals surface area contributed by atoms with E-state index in [1.54, 1.807) is 11.3 Å². The fourth-order valence-electron chi connectivity index (χ4n) is 4.12. The minimum atomic E-state index is 0.134. The Morgan fingerprint density at radius 3 is 2.80 bits per heavy atom. The molecule has 0 radical (unpaired) electrons. The van der Waals surface area contributed by atoms with E-state index in [-0.39, 0.29) is 6.61 Å². The van der Waals surface area contributed by atoms with Crippen molar-refractivity contribution in [3.8, 4) is 0 Å². The molecule has 3 rings (SSSR count). The second-order valence-electron chi connectivity index (χ2n) is 6.59. The predicted molar refractivity (Wildman–Crippen MR) is 84.2 cm³/mol. The van der Waals surface area contributed by atoms with E-state index in [2.05, 4.69) is 18.9 Å². The molecule has 2 aliphatic carbocycles. The molecule has 3 unspecified atom stereocenters. The first-order valence-corrected chi connectivity index (χ1v) is 8.83. The standard InChI is InChI=1S/C16H26N2OS/c1-3-4-14-15(10-19)20-16(17-14)18(2)9-13-8-11-5-6-12(13)7-11/h11-13,19H,3-10H2,1-2H3. The number of thiazole rings is 1. The number of rotatable bonds is 6. The number of hydrogen-bond donors (Lipinski definition) is 1. The smallest absolute Gasteiger partial charge is 0.185 e. The first-order chi connectivity index (χ1) is 9.71. The van der Waals surface area contributed by atoms with Crippen molar-refractivity contribution in [2.24, 2.45) is 17.8 Å². The fraction of sp³-hybridized carbons (Fsp3) is 0.812. The van der Waals surface area contributed by atoms with E-state index in [0.29, 0.717) is 0 Å². The minimum Gasteiger partial charge on any atom is -0.391 e. The molecule has 0 aliphatic heterocycles. The maximum absolute atomic E-state index is 9.46. The van der Waals surface area contributed by atoms with Gasteiger partial charge in [-0.3, -0.25) is 0 Å². The van der Waals surface area contributed by atoms with Gasteiger partial charge in [0.1, 0.15) is 0 Å². The van der Waals surface area contributed by atoms with Gasteiger partial charge >= 0.3 is 0 Å². The van der Waals surface area contributed by atoms with Crippen molar-refractivity contribution in [1.82, 2.24) is 4.98 Å². The van der Waals surface area contributed by atoms with Gasteiger partial charge in [-0.1, -0.05) is 31.1 Å². The summed E-state index contributed by atoms with van der Waals surface area (Å²) in [7, 11) is 2.17. The maximum Gasteiger partial charge on any atom is 0.185 e. The Kier molecular flexibility index (Phi) is 4.32. The van der Waals surface area contributed by atoms with E-state index < -0.39 is 0 Å². The summed E-state index contributed by atoms with van der Waals surface area (Å²) in [6.45, 7) is 3.44. The van der Waals surface area contributed by atoms with Crippen LogP contribution < -0.4 is 4.90 Å². The second-order valence-corrected chi connectivity index (χ2v) is 7.65. The Morgan fingerprint density at radius 1 is 1.35 bits per heavy atom. The lowest BCUT2D eigenvalue weighted by atomic mass is 9.88. The highest BCUT2D eigenvalue weighted by atomic mass is 32.1. The minimum absolute atomic E-state index is 0.134. The van der Waals surface area contributed by atoms with E-state index in [0.717, 1.165) is 52.8 Å². The zero-order valence-corrected chi connectivity index (χ0v) is 13.5. The number of aryl methyl sites for hydroxylation is 1. The van der Waals surface area contributed by atoms with E-state index in [9.17, 15) is 5.11 Å². The topological polar surface area (TPSA) is 36.4 Å². The molecule has 2 fully saturated rings. The van der Waals surface area contributed by atoms with Gasteiger partial charge in [0, 0.05) is 13.6 Å². The summed E-state index contributed by atoms with van der Waals surface area (Å²) in [5.74, 6) is 2.85. The highest BCUT2D eigenvalue weighted by Crippen LogP contribution is 2.48. The largest absolute Gasteiger partial charge is 0.391 e. The van der Waals surface area contributed by atoms with Crippen LogP contribution in [0.2, 0.25) is 0 Å². The zero-order chi connectivity index (χ0) is 14.1. The van der Waals surface area contributed by atoms with Crippen LogP contribution in [0.5, 0.6) is 0 Å². The molecule has 2 saturated carbocycles. The van der Waals surface area contributed by atoms with E-state index in [1.807, 2.05) is 0 Å². The Morgan fingerprint density at radius 2 is 2.20 bits per heavy atom. The van der Waals surface area contributed by atoms with Gasteiger partial charge in [0.15, 0.2) is 5.13 Å². The molecule has 3 atom stereocenters. The molecule has 1 aromatic heterocycles. The van der Waals surface area contributed by atoms with E-state index in [1.165, 1.54) is 25.7 Å². The van der Waals surface area contributed by atoms with Crippen LogP contribution in [0.4, 0.5) is 5.13 Å². The molecule has 3 nitrogen and oxygen atoms in total. The van der Waals surface area contributed by atoms with Gasteiger partial charge in [0.2, 0.25) is 0 Å². The third kappa shape index (κ3) is 2.73. The van der Waals surface area contributed by atoms with E-state index >= 15 is 0 Å². The van der Waals surface area contributed by atoms with Crippen LogP contribution >= 0.6 is 11.3 Å². The molecule has 0 spiro atoms. The van der Waals surface area contributed by atoms with Crippen LogP contribution in [0.25, 0.3) is 0 Å². The number of hydrogen-bond acceptors (Lipinski definition) is 4. The van der Waals surface area contributed by atoms with Crippen molar-refractivity contribution >= 4 is 16.5 Å². The summed E-state index contributed by atoms with van der Waals surface area (Å²) in [6, 6.07) is 0. The van der Waals surface area contributed by atoms with Crippen LogP contribution in [0.3, 0.4) is 0 Å². The van der Waals surface area contributed by atoms with Gasteiger partial charge < -0.3 is 10.0 Å². The highest BCUT2D eigenvalue weighted by molar-refractivity contribution is 7.15. The number of aromatic nitrogens is 1. The van der Waals surface area contributed by atoms with Gasteiger partial charge in [-0.05, 0) is 43.4 Å². The van der Waals surface area contributed by atoms with Crippen molar-refractivity contribution < 1.29 is 5.11 Å². The van der Waals surface area contributed by atoms with Crippen LogP contribution in [0, 0.1) is 17.8 Å². The third-order valence-corrected chi connectivity index (χ3v) is 6.31. The van der Waals surface area contributed by atoms with Crippen molar-refractivity contribution in [1.29, 1.82) is 0 Å². The average Bonchev–Trinajstić information content (AvgIpc) is 3.13. The van der Waals surface area contributed by atoms with Crippen LogP contribution in [0.1, 0.15) is 49.6 Å². The molecule has 1 heterocycles. The summed E-state index contributed by atoms with van der Waals surface area (Å²) >= 11 is 1.68. The lowest BCUT2D eigenvalue weighted by Gasteiger charge is -2.26. The Labute approximate surface area is 126 Å².